The van der Waals surface area contributed by atoms with Gasteiger partial charge < -0.3 is 15.1 Å². The number of halogens is 2. The van der Waals surface area contributed by atoms with Crippen LogP contribution in [-0.4, -0.2) is 54.5 Å². The van der Waals surface area contributed by atoms with Gasteiger partial charge in [0, 0.05) is 37.8 Å². The van der Waals surface area contributed by atoms with E-state index < -0.39 is 17.4 Å². The highest BCUT2D eigenvalue weighted by Gasteiger charge is 2.56. The Morgan fingerprint density at radius 2 is 1.97 bits per heavy atom. The molecule has 2 aliphatic heterocycles. The molecular weight excluding hydrogens is 399 g/mol. The number of piperazine rings is 1. The Kier molecular flexibility index (Phi) is 5.14. The quantitative estimate of drug-likeness (QED) is 0.712. The number of carbonyl (C=O) groups excluding carboxylic acids is 3. The van der Waals surface area contributed by atoms with Crippen molar-refractivity contribution < 1.29 is 18.8 Å². The van der Waals surface area contributed by atoms with Gasteiger partial charge in [0.1, 0.15) is 11.4 Å². The molecule has 1 aliphatic carbocycles. The molecule has 0 bridgehead atoms. The zero-order valence-corrected chi connectivity index (χ0v) is 17.0. The molecule has 2 atom stereocenters. The first-order valence-electron chi connectivity index (χ1n) is 9.92. The summed E-state index contributed by atoms with van der Waals surface area (Å²) in [6.07, 6.45) is 2.07. The molecule has 2 heterocycles. The number of nitrogens with zero attached hydrogens (tertiary/aromatic N) is 2. The van der Waals surface area contributed by atoms with Crippen LogP contribution in [0.2, 0.25) is 5.02 Å². The third-order valence-electron chi connectivity index (χ3n) is 6.15. The van der Waals surface area contributed by atoms with Crippen molar-refractivity contribution in [1.29, 1.82) is 0 Å². The lowest BCUT2D eigenvalue weighted by atomic mass is 9.83. The standard InChI is InChI=1S/C20H24ClFN4O3/c1-12(11-20(13-2-3-13)18(28)23-19(29)24-20)17(27)26-8-6-25(7-9-26)14-4-5-16(22)15(21)10-14/h4-5,10,12-13H,2-3,6-9,11H2,1H3,(H2,23,24,28,29). The molecule has 7 nitrogen and oxygen atoms in total. The summed E-state index contributed by atoms with van der Waals surface area (Å²) in [7, 11) is 0. The number of imide groups is 1. The van der Waals surface area contributed by atoms with Gasteiger partial charge in [0.05, 0.1) is 5.02 Å². The molecule has 2 saturated heterocycles. The minimum Gasteiger partial charge on any atom is -0.368 e. The number of amides is 4. The third kappa shape index (κ3) is 3.77. The minimum absolute atomic E-state index is 0.0178. The second-order valence-electron chi connectivity index (χ2n) is 8.17. The van der Waals surface area contributed by atoms with Crippen LogP contribution < -0.4 is 15.5 Å². The van der Waals surface area contributed by atoms with Crippen LogP contribution in [0.5, 0.6) is 0 Å². The van der Waals surface area contributed by atoms with Gasteiger partial charge in [-0.2, -0.15) is 0 Å². The molecule has 1 aromatic carbocycles. The van der Waals surface area contributed by atoms with Crippen LogP contribution in [0.3, 0.4) is 0 Å². The van der Waals surface area contributed by atoms with E-state index in [1.54, 1.807) is 17.0 Å². The van der Waals surface area contributed by atoms with Crippen molar-refractivity contribution >= 4 is 35.1 Å². The molecule has 0 aromatic heterocycles. The van der Waals surface area contributed by atoms with E-state index in [4.69, 9.17) is 11.6 Å². The van der Waals surface area contributed by atoms with Crippen LogP contribution in [0.15, 0.2) is 18.2 Å². The lowest BCUT2D eigenvalue weighted by Gasteiger charge is -2.38. The summed E-state index contributed by atoms with van der Waals surface area (Å²) >= 11 is 5.87. The van der Waals surface area contributed by atoms with Crippen LogP contribution in [0.4, 0.5) is 14.9 Å². The van der Waals surface area contributed by atoms with E-state index in [0.717, 1.165) is 18.5 Å². The van der Waals surface area contributed by atoms with Crippen LogP contribution in [0.25, 0.3) is 0 Å². The van der Waals surface area contributed by atoms with Crippen molar-refractivity contribution in [2.75, 3.05) is 31.1 Å². The molecule has 4 rings (SSSR count). The fraction of sp³-hybridized carbons (Fsp3) is 0.550. The van der Waals surface area contributed by atoms with Crippen molar-refractivity contribution in [1.82, 2.24) is 15.5 Å². The van der Waals surface area contributed by atoms with E-state index >= 15 is 0 Å². The number of benzene rings is 1. The topological polar surface area (TPSA) is 81.8 Å². The predicted molar refractivity (Wildman–Crippen MR) is 106 cm³/mol. The average Bonchev–Trinajstić information content (AvgIpc) is 3.50. The van der Waals surface area contributed by atoms with E-state index in [0.29, 0.717) is 32.6 Å². The predicted octanol–water partition coefficient (Wildman–Crippen LogP) is 2.14. The number of carbonyl (C=O) groups is 3. The molecule has 3 fully saturated rings. The number of urea groups is 1. The maximum atomic E-state index is 13.4. The molecule has 29 heavy (non-hydrogen) atoms. The fourth-order valence-electron chi connectivity index (χ4n) is 4.43. The van der Waals surface area contributed by atoms with Gasteiger partial charge >= 0.3 is 6.03 Å². The lowest BCUT2D eigenvalue weighted by molar-refractivity contribution is -0.136. The summed E-state index contributed by atoms with van der Waals surface area (Å²) in [5, 5.41) is 5.19. The number of anilines is 1. The molecule has 156 valence electrons. The molecule has 1 aromatic rings. The smallest absolute Gasteiger partial charge is 0.322 e. The molecule has 0 radical (unpaired) electrons. The number of hydrogen-bond acceptors (Lipinski definition) is 4. The van der Waals surface area contributed by atoms with Gasteiger partial charge in [-0.25, -0.2) is 9.18 Å². The summed E-state index contributed by atoms with van der Waals surface area (Å²) in [5.74, 6) is -1.07. The van der Waals surface area contributed by atoms with Crippen molar-refractivity contribution in [3.63, 3.8) is 0 Å². The molecule has 0 spiro atoms. The van der Waals surface area contributed by atoms with E-state index in [1.165, 1.54) is 6.07 Å². The van der Waals surface area contributed by atoms with Crippen LogP contribution in [0, 0.1) is 17.7 Å². The number of nitrogens with one attached hydrogen (secondary N) is 2. The molecule has 9 heteroatoms. The highest BCUT2D eigenvalue weighted by Crippen LogP contribution is 2.44. The van der Waals surface area contributed by atoms with Gasteiger partial charge in [-0.15, -0.1) is 0 Å². The molecule has 2 unspecified atom stereocenters. The van der Waals surface area contributed by atoms with Gasteiger partial charge in [0.25, 0.3) is 5.91 Å². The fourth-order valence-corrected chi connectivity index (χ4v) is 4.60. The summed E-state index contributed by atoms with van der Waals surface area (Å²) in [4.78, 5) is 41.0. The third-order valence-corrected chi connectivity index (χ3v) is 6.44. The maximum absolute atomic E-state index is 13.4. The summed E-state index contributed by atoms with van der Waals surface area (Å²) < 4.78 is 13.4. The van der Waals surface area contributed by atoms with E-state index in [1.807, 2.05) is 6.92 Å². The van der Waals surface area contributed by atoms with Gasteiger partial charge in [-0.3, -0.25) is 14.9 Å². The Morgan fingerprint density at radius 3 is 2.52 bits per heavy atom. The summed E-state index contributed by atoms with van der Waals surface area (Å²) in [5.41, 5.74) is -0.131. The first-order chi connectivity index (χ1) is 13.8. The Labute approximate surface area is 173 Å². The van der Waals surface area contributed by atoms with Crippen molar-refractivity contribution in [2.45, 2.75) is 31.7 Å². The normalized spacial score (nSPS) is 25.6. The Hall–Kier alpha value is -2.35. The first kappa shape index (κ1) is 19.9. The Morgan fingerprint density at radius 1 is 1.28 bits per heavy atom. The monoisotopic (exact) mass is 422 g/mol. The van der Waals surface area contributed by atoms with Gasteiger partial charge in [0.15, 0.2) is 0 Å². The molecular formula is C20H24ClFN4O3. The maximum Gasteiger partial charge on any atom is 0.322 e. The number of rotatable bonds is 5. The average molecular weight is 423 g/mol. The zero-order valence-electron chi connectivity index (χ0n) is 16.2. The van der Waals surface area contributed by atoms with Gasteiger partial charge in [0.2, 0.25) is 5.91 Å². The number of hydrogen-bond donors (Lipinski definition) is 2. The van der Waals surface area contributed by atoms with E-state index in [-0.39, 0.29) is 28.7 Å². The molecule has 3 aliphatic rings. The second kappa shape index (κ2) is 7.48. The van der Waals surface area contributed by atoms with Gasteiger partial charge in [-0.1, -0.05) is 18.5 Å². The van der Waals surface area contributed by atoms with E-state index in [9.17, 15) is 18.8 Å². The van der Waals surface area contributed by atoms with Crippen LogP contribution in [-0.2, 0) is 9.59 Å². The highest BCUT2D eigenvalue weighted by molar-refractivity contribution is 6.31. The van der Waals surface area contributed by atoms with Crippen molar-refractivity contribution in [2.24, 2.45) is 11.8 Å². The molecule has 1 saturated carbocycles. The lowest BCUT2D eigenvalue weighted by Crippen LogP contribution is -2.54. The molecule has 2 N–H and O–H groups in total. The van der Waals surface area contributed by atoms with Crippen molar-refractivity contribution in [3.05, 3.63) is 29.0 Å². The first-order valence-corrected chi connectivity index (χ1v) is 10.3. The SMILES string of the molecule is CC(CC1(C2CC2)NC(=O)NC1=O)C(=O)N1CCN(c2ccc(F)c(Cl)c2)CC1. The van der Waals surface area contributed by atoms with Crippen LogP contribution in [0.1, 0.15) is 26.2 Å². The minimum atomic E-state index is -0.959. The second-order valence-corrected chi connectivity index (χ2v) is 8.58. The Balaban J connectivity index is 1.37. The summed E-state index contributed by atoms with van der Waals surface area (Å²) in [6, 6.07) is 4.14. The molecule has 4 amide bonds. The Bertz CT molecular complexity index is 854. The zero-order chi connectivity index (χ0) is 20.8. The largest absolute Gasteiger partial charge is 0.368 e. The van der Waals surface area contributed by atoms with Crippen molar-refractivity contribution in [3.8, 4) is 0 Å². The van der Waals surface area contributed by atoms with E-state index in [2.05, 4.69) is 15.5 Å². The van der Waals surface area contributed by atoms with Crippen LogP contribution >= 0.6 is 11.6 Å². The summed E-state index contributed by atoms with van der Waals surface area (Å²) in [6.45, 7) is 4.12. The van der Waals surface area contributed by atoms with Gasteiger partial charge in [-0.05, 0) is 43.4 Å². The highest BCUT2D eigenvalue weighted by atomic mass is 35.5.